The number of nitrogens with zero attached hydrogens (tertiary/aromatic N) is 1. The minimum atomic E-state index is -0.408. The molecule has 2 aliphatic rings. The first-order valence-electron chi connectivity index (χ1n) is 8.00. The summed E-state index contributed by atoms with van der Waals surface area (Å²) in [6, 6.07) is 5.40. The van der Waals surface area contributed by atoms with Crippen molar-refractivity contribution in [2.24, 2.45) is 0 Å². The maximum Gasteiger partial charge on any atom is 0.170 e. The van der Waals surface area contributed by atoms with Crippen molar-refractivity contribution in [2.75, 3.05) is 26.7 Å². The molecule has 0 aliphatic carbocycles. The fourth-order valence-electron chi connectivity index (χ4n) is 3.26. The summed E-state index contributed by atoms with van der Waals surface area (Å²) >= 11 is 5.37. The van der Waals surface area contributed by atoms with E-state index in [4.69, 9.17) is 21.7 Å². The lowest BCUT2D eigenvalue weighted by Crippen LogP contribution is -2.54. The van der Waals surface area contributed by atoms with E-state index in [2.05, 4.69) is 10.2 Å². The first kappa shape index (κ1) is 16.1. The predicted octanol–water partition coefficient (Wildman–Crippen LogP) is 2.39. The average Bonchev–Trinajstić information content (AvgIpc) is 2.55. The van der Waals surface area contributed by atoms with Gasteiger partial charge < -0.3 is 19.7 Å². The summed E-state index contributed by atoms with van der Waals surface area (Å²) < 4.78 is 11.5. The Bertz CT molecular complexity index is 624. The van der Waals surface area contributed by atoms with Gasteiger partial charge in [-0.05, 0) is 31.3 Å². The molecule has 1 N–H and O–H groups in total. The third kappa shape index (κ3) is 3.13. The van der Waals surface area contributed by atoms with Crippen molar-refractivity contribution in [1.82, 2.24) is 10.2 Å². The Morgan fingerprint density at radius 2 is 2.17 bits per heavy atom. The summed E-state index contributed by atoms with van der Waals surface area (Å²) in [4.78, 5) is 14.7. The predicted molar refractivity (Wildman–Crippen MR) is 92.4 cm³/mol. The smallest absolute Gasteiger partial charge is 0.170 e. The minimum Gasteiger partial charge on any atom is -0.497 e. The molecule has 124 valence electrons. The third-order valence-electron chi connectivity index (χ3n) is 4.59. The molecule has 1 aromatic carbocycles. The zero-order chi connectivity index (χ0) is 16.4. The van der Waals surface area contributed by atoms with Crippen LogP contribution in [0.1, 0.15) is 36.5 Å². The quantitative estimate of drug-likeness (QED) is 0.838. The molecule has 0 bridgehead atoms. The van der Waals surface area contributed by atoms with E-state index in [0.29, 0.717) is 23.5 Å². The van der Waals surface area contributed by atoms with Crippen molar-refractivity contribution in [3.63, 3.8) is 0 Å². The van der Waals surface area contributed by atoms with Crippen LogP contribution in [-0.2, 0) is 0 Å². The number of ether oxygens (including phenoxy) is 2. The van der Waals surface area contributed by atoms with E-state index in [-0.39, 0.29) is 5.78 Å². The molecule has 0 atom stereocenters. The van der Waals surface area contributed by atoms with Gasteiger partial charge in [-0.25, -0.2) is 0 Å². The summed E-state index contributed by atoms with van der Waals surface area (Å²) in [6.45, 7) is 4.46. The molecule has 23 heavy (non-hydrogen) atoms. The topological polar surface area (TPSA) is 50.8 Å². The monoisotopic (exact) mass is 334 g/mol. The van der Waals surface area contributed by atoms with Crippen molar-refractivity contribution < 1.29 is 14.3 Å². The number of piperidine rings is 1. The normalized spacial score (nSPS) is 19.0. The van der Waals surface area contributed by atoms with Gasteiger partial charge in [0.05, 0.1) is 19.1 Å². The fraction of sp³-hybridized carbons (Fsp3) is 0.529. The van der Waals surface area contributed by atoms with E-state index in [9.17, 15) is 4.79 Å². The number of carbonyl (C=O) groups excluding carboxylic acids is 1. The maximum absolute atomic E-state index is 12.5. The molecule has 1 saturated heterocycles. The molecule has 1 spiro atoms. The molecule has 0 saturated carbocycles. The van der Waals surface area contributed by atoms with E-state index in [1.54, 1.807) is 19.2 Å². The van der Waals surface area contributed by atoms with Crippen LogP contribution in [0.2, 0.25) is 0 Å². The summed E-state index contributed by atoms with van der Waals surface area (Å²) in [5.41, 5.74) is 0.247. The van der Waals surface area contributed by atoms with Crippen molar-refractivity contribution in [3.05, 3.63) is 23.8 Å². The molecule has 2 aliphatic heterocycles. The summed E-state index contributed by atoms with van der Waals surface area (Å²) in [5, 5.41) is 3.96. The van der Waals surface area contributed by atoms with E-state index in [0.717, 1.165) is 37.6 Å². The van der Waals surface area contributed by atoms with E-state index in [1.165, 1.54) is 0 Å². The van der Waals surface area contributed by atoms with Crippen LogP contribution in [0.5, 0.6) is 11.5 Å². The number of Topliss-reactive ketones (excluding diaryl/α,β-unsaturated/α-hetero) is 1. The number of thiocarbonyl (C=S) groups is 1. The van der Waals surface area contributed by atoms with Crippen LogP contribution in [0.3, 0.4) is 0 Å². The lowest BCUT2D eigenvalue weighted by molar-refractivity contribution is 0.00349. The SMILES string of the molecule is CCNC(=S)N1CCC2(CC1)CC(=O)c1ccc(OC)cc1O2. The van der Waals surface area contributed by atoms with Crippen molar-refractivity contribution in [2.45, 2.75) is 31.8 Å². The molecule has 1 aromatic rings. The van der Waals surface area contributed by atoms with Crippen LogP contribution in [0.25, 0.3) is 0 Å². The van der Waals surface area contributed by atoms with Gasteiger partial charge in [-0.15, -0.1) is 0 Å². The zero-order valence-electron chi connectivity index (χ0n) is 13.6. The number of likely N-dealkylation sites (tertiary alicyclic amines) is 1. The van der Waals surface area contributed by atoms with Gasteiger partial charge in [0.15, 0.2) is 10.9 Å². The lowest BCUT2D eigenvalue weighted by atomic mass is 9.82. The molecule has 0 radical (unpaired) electrons. The maximum atomic E-state index is 12.5. The Labute approximate surface area is 141 Å². The Morgan fingerprint density at radius 1 is 1.43 bits per heavy atom. The Balaban J connectivity index is 1.75. The lowest BCUT2D eigenvalue weighted by Gasteiger charge is -2.44. The number of nitrogens with one attached hydrogen (secondary N) is 1. The summed E-state index contributed by atoms with van der Waals surface area (Å²) in [6.07, 6.45) is 2.02. The number of methoxy groups -OCH3 is 1. The second-order valence-corrected chi connectivity index (χ2v) is 6.46. The fourth-order valence-corrected chi connectivity index (χ4v) is 3.59. The number of rotatable bonds is 2. The molecule has 0 unspecified atom stereocenters. The number of carbonyl (C=O) groups is 1. The van der Waals surface area contributed by atoms with Gasteiger partial charge >= 0.3 is 0 Å². The number of benzene rings is 1. The van der Waals surface area contributed by atoms with Crippen LogP contribution in [0.15, 0.2) is 18.2 Å². The molecule has 3 rings (SSSR count). The van der Waals surface area contributed by atoms with Crippen LogP contribution >= 0.6 is 12.2 Å². The highest BCUT2D eigenvalue weighted by Gasteiger charge is 2.43. The van der Waals surface area contributed by atoms with Crippen molar-refractivity contribution >= 4 is 23.1 Å². The summed E-state index contributed by atoms with van der Waals surface area (Å²) in [7, 11) is 1.61. The molecular weight excluding hydrogens is 312 g/mol. The first-order valence-corrected chi connectivity index (χ1v) is 8.41. The van der Waals surface area contributed by atoms with Crippen LogP contribution in [-0.4, -0.2) is 48.1 Å². The van der Waals surface area contributed by atoms with E-state index in [1.807, 2.05) is 13.0 Å². The van der Waals surface area contributed by atoms with Gasteiger partial charge in [-0.1, -0.05) is 0 Å². The number of fused-ring (bicyclic) bond motifs is 1. The molecule has 6 heteroatoms. The molecular formula is C17H22N2O3S. The zero-order valence-corrected chi connectivity index (χ0v) is 14.4. The second-order valence-electron chi connectivity index (χ2n) is 6.07. The van der Waals surface area contributed by atoms with Gasteiger partial charge in [-0.2, -0.15) is 0 Å². The van der Waals surface area contributed by atoms with Crippen molar-refractivity contribution in [1.29, 1.82) is 0 Å². The van der Waals surface area contributed by atoms with E-state index >= 15 is 0 Å². The Kier molecular flexibility index (Phi) is 4.43. The van der Waals surface area contributed by atoms with Crippen LogP contribution in [0, 0.1) is 0 Å². The highest BCUT2D eigenvalue weighted by Crippen LogP contribution is 2.40. The Morgan fingerprint density at radius 3 is 2.83 bits per heavy atom. The number of hydrogen-bond donors (Lipinski definition) is 1. The van der Waals surface area contributed by atoms with Crippen LogP contribution in [0.4, 0.5) is 0 Å². The van der Waals surface area contributed by atoms with Gasteiger partial charge in [0, 0.05) is 38.5 Å². The highest BCUT2D eigenvalue weighted by atomic mass is 32.1. The molecule has 2 heterocycles. The minimum absolute atomic E-state index is 0.150. The van der Waals surface area contributed by atoms with Gasteiger partial charge in [-0.3, -0.25) is 4.79 Å². The van der Waals surface area contributed by atoms with E-state index < -0.39 is 5.60 Å². The van der Waals surface area contributed by atoms with Gasteiger partial charge in [0.25, 0.3) is 0 Å². The van der Waals surface area contributed by atoms with Gasteiger partial charge in [0.2, 0.25) is 0 Å². The molecule has 0 aromatic heterocycles. The average molecular weight is 334 g/mol. The van der Waals surface area contributed by atoms with Crippen molar-refractivity contribution in [3.8, 4) is 11.5 Å². The largest absolute Gasteiger partial charge is 0.497 e. The van der Waals surface area contributed by atoms with Crippen LogP contribution < -0.4 is 14.8 Å². The number of ketones is 1. The first-order chi connectivity index (χ1) is 11.1. The Hall–Kier alpha value is -1.82. The highest BCUT2D eigenvalue weighted by molar-refractivity contribution is 7.80. The second kappa shape index (κ2) is 6.35. The molecule has 5 nitrogen and oxygen atoms in total. The third-order valence-corrected chi connectivity index (χ3v) is 4.99. The number of hydrogen-bond acceptors (Lipinski definition) is 4. The molecule has 0 amide bonds. The van der Waals surface area contributed by atoms with Gasteiger partial charge in [0.1, 0.15) is 17.1 Å². The standard InChI is InChI=1S/C17H22N2O3S/c1-3-18-16(23)19-8-6-17(7-9-19)11-14(20)13-5-4-12(21-2)10-15(13)22-17/h4-5,10H,3,6-9,11H2,1-2H3,(H,18,23). The summed E-state index contributed by atoms with van der Waals surface area (Å²) in [5.74, 6) is 1.50. The molecule has 1 fully saturated rings.